The Morgan fingerprint density at radius 1 is 1.33 bits per heavy atom. The fourth-order valence-corrected chi connectivity index (χ4v) is 1.55. The number of hydrogen-bond donors (Lipinski definition) is 0. The lowest BCUT2D eigenvalue weighted by atomic mass is 10.1. The minimum absolute atomic E-state index is 0.480. The van der Waals surface area contributed by atoms with Gasteiger partial charge in [0.25, 0.3) is 0 Å². The van der Waals surface area contributed by atoms with E-state index in [0.717, 1.165) is 17.1 Å². The quantitative estimate of drug-likeness (QED) is 0.772. The monoisotopic (exact) mass is 254 g/mol. The summed E-state index contributed by atoms with van der Waals surface area (Å²) in [5, 5.41) is 3.66. The van der Waals surface area contributed by atoms with Crippen LogP contribution in [0.25, 0.3) is 5.69 Å². The van der Waals surface area contributed by atoms with Crippen molar-refractivity contribution in [1.29, 1.82) is 0 Å². The van der Waals surface area contributed by atoms with E-state index in [1.807, 2.05) is 0 Å². The number of rotatable bonds is 2. The summed E-state index contributed by atoms with van der Waals surface area (Å²) in [6.45, 7) is 1.71. The van der Waals surface area contributed by atoms with E-state index < -0.39 is 11.7 Å². The molecule has 0 unspecified atom stereocenters. The highest BCUT2D eigenvalue weighted by Gasteiger charge is 2.32. The molecule has 0 saturated heterocycles. The number of halogens is 3. The van der Waals surface area contributed by atoms with Gasteiger partial charge in [-0.2, -0.15) is 18.3 Å². The first kappa shape index (κ1) is 12.3. The molecule has 0 aliphatic rings. The zero-order valence-corrected chi connectivity index (χ0v) is 9.40. The van der Waals surface area contributed by atoms with Crippen molar-refractivity contribution < 1.29 is 18.0 Å². The number of hydrogen-bond acceptors (Lipinski definition) is 2. The number of carbonyl (C=O) groups excluding carboxylic acids is 1. The Bertz CT molecular complexity index is 587. The van der Waals surface area contributed by atoms with E-state index in [4.69, 9.17) is 0 Å². The molecule has 1 aromatic heterocycles. The number of benzene rings is 1. The molecule has 6 heteroatoms. The van der Waals surface area contributed by atoms with Gasteiger partial charge >= 0.3 is 6.18 Å². The Kier molecular flexibility index (Phi) is 2.94. The van der Waals surface area contributed by atoms with Gasteiger partial charge in [0.2, 0.25) is 0 Å². The zero-order chi connectivity index (χ0) is 13.3. The molecule has 1 heterocycles. The highest BCUT2D eigenvalue weighted by molar-refractivity contribution is 5.77. The van der Waals surface area contributed by atoms with Crippen LogP contribution in [0.4, 0.5) is 13.2 Å². The predicted molar refractivity (Wildman–Crippen MR) is 58.7 cm³/mol. The van der Waals surface area contributed by atoms with E-state index in [2.05, 4.69) is 5.10 Å². The Morgan fingerprint density at radius 2 is 2.06 bits per heavy atom. The lowest BCUT2D eigenvalue weighted by molar-refractivity contribution is -0.137. The molecule has 94 valence electrons. The molecule has 18 heavy (non-hydrogen) atoms. The lowest BCUT2D eigenvalue weighted by Gasteiger charge is -2.05. The second-order valence-corrected chi connectivity index (χ2v) is 3.83. The van der Waals surface area contributed by atoms with Gasteiger partial charge in [0.05, 0.1) is 17.4 Å². The Morgan fingerprint density at radius 3 is 2.56 bits per heavy atom. The second-order valence-electron chi connectivity index (χ2n) is 3.83. The average molecular weight is 254 g/mol. The molecular formula is C12H9F3N2O. The summed E-state index contributed by atoms with van der Waals surface area (Å²) in [4.78, 5) is 10.6. The third kappa shape index (κ3) is 2.27. The van der Waals surface area contributed by atoms with Gasteiger partial charge in [-0.1, -0.05) is 0 Å². The standard InChI is InChI=1S/C12H9F3N2O/c1-8-4-11(3-2-9(8)7-18)17-6-10(5-16-17)12(13,14)15/h2-7H,1H3. The maximum atomic E-state index is 12.4. The molecule has 0 atom stereocenters. The molecule has 0 N–H and O–H groups in total. The van der Waals surface area contributed by atoms with Gasteiger partial charge < -0.3 is 0 Å². The minimum Gasteiger partial charge on any atom is -0.298 e. The molecule has 0 fully saturated rings. The van der Waals surface area contributed by atoms with Crippen LogP contribution < -0.4 is 0 Å². The highest BCUT2D eigenvalue weighted by Crippen LogP contribution is 2.29. The molecule has 0 aliphatic heterocycles. The molecule has 0 spiro atoms. The van der Waals surface area contributed by atoms with Crippen molar-refractivity contribution in [2.24, 2.45) is 0 Å². The molecular weight excluding hydrogens is 245 g/mol. The summed E-state index contributed by atoms with van der Waals surface area (Å²) >= 11 is 0. The first-order valence-electron chi connectivity index (χ1n) is 5.10. The first-order chi connectivity index (χ1) is 8.41. The summed E-state index contributed by atoms with van der Waals surface area (Å²) in [6, 6.07) is 4.70. The van der Waals surface area contributed by atoms with Crippen LogP contribution >= 0.6 is 0 Å². The molecule has 0 radical (unpaired) electrons. The molecule has 0 amide bonds. The van der Waals surface area contributed by atoms with Gasteiger partial charge in [0.1, 0.15) is 6.29 Å². The molecule has 1 aromatic carbocycles. The summed E-state index contributed by atoms with van der Waals surface area (Å²) in [6.07, 6.45) is -2.03. The number of aryl methyl sites for hydroxylation is 1. The van der Waals surface area contributed by atoms with Crippen molar-refractivity contribution in [3.8, 4) is 5.69 Å². The van der Waals surface area contributed by atoms with Crippen LogP contribution in [-0.4, -0.2) is 16.1 Å². The Hall–Kier alpha value is -2.11. The van der Waals surface area contributed by atoms with Crippen molar-refractivity contribution >= 4 is 6.29 Å². The maximum Gasteiger partial charge on any atom is 0.419 e. The summed E-state index contributed by atoms with van der Waals surface area (Å²) in [5.74, 6) is 0. The van der Waals surface area contributed by atoms with Gasteiger partial charge in [-0.05, 0) is 30.7 Å². The summed E-state index contributed by atoms with van der Waals surface area (Å²) in [5.41, 5.74) is 0.863. The number of aldehydes is 1. The van der Waals surface area contributed by atoms with Gasteiger partial charge in [-0.25, -0.2) is 4.68 Å². The largest absolute Gasteiger partial charge is 0.419 e. The van der Waals surface area contributed by atoms with Crippen molar-refractivity contribution in [2.45, 2.75) is 13.1 Å². The molecule has 0 bridgehead atoms. The number of aromatic nitrogens is 2. The molecule has 3 nitrogen and oxygen atoms in total. The molecule has 0 aliphatic carbocycles. The Labute approximate surface area is 101 Å². The summed E-state index contributed by atoms with van der Waals surface area (Å²) < 4.78 is 38.4. The van der Waals surface area contributed by atoms with Crippen molar-refractivity contribution in [3.05, 3.63) is 47.3 Å². The number of carbonyl (C=O) groups is 1. The average Bonchev–Trinajstić information content (AvgIpc) is 2.77. The van der Waals surface area contributed by atoms with E-state index in [1.54, 1.807) is 25.1 Å². The SMILES string of the molecule is Cc1cc(-n2cc(C(F)(F)F)cn2)ccc1C=O. The van der Waals surface area contributed by atoms with Crippen molar-refractivity contribution in [1.82, 2.24) is 9.78 Å². The van der Waals surface area contributed by atoms with Crippen LogP contribution in [0.2, 0.25) is 0 Å². The lowest BCUT2D eigenvalue weighted by Crippen LogP contribution is -2.03. The van der Waals surface area contributed by atoms with Crippen LogP contribution in [0.15, 0.2) is 30.6 Å². The fraction of sp³-hybridized carbons (Fsp3) is 0.167. The van der Waals surface area contributed by atoms with Gasteiger partial charge in [0.15, 0.2) is 0 Å². The van der Waals surface area contributed by atoms with E-state index in [1.165, 1.54) is 0 Å². The number of alkyl halides is 3. The van der Waals surface area contributed by atoms with E-state index >= 15 is 0 Å². The van der Waals surface area contributed by atoms with Crippen LogP contribution in [0.3, 0.4) is 0 Å². The van der Waals surface area contributed by atoms with E-state index in [-0.39, 0.29) is 0 Å². The van der Waals surface area contributed by atoms with Crippen LogP contribution in [0.1, 0.15) is 21.5 Å². The van der Waals surface area contributed by atoms with Crippen molar-refractivity contribution in [2.75, 3.05) is 0 Å². The number of nitrogens with zero attached hydrogens (tertiary/aromatic N) is 2. The van der Waals surface area contributed by atoms with Gasteiger partial charge in [-0.15, -0.1) is 0 Å². The third-order valence-corrected chi connectivity index (χ3v) is 2.55. The topological polar surface area (TPSA) is 34.9 Å². The van der Waals surface area contributed by atoms with Crippen LogP contribution in [0.5, 0.6) is 0 Å². The predicted octanol–water partition coefficient (Wildman–Crippen LogP) is 3.01. The van der Waals surface area contributed by atoms with Gasteiger partial charge in [0, 0.05) is 11.8 Å². The maximum absolute atomic E-state index is 12.4. The van der Waals surface area contributed by atoms with Gasteiger partial charge in [-0.3, -0.25) is 4.79 Å². The smallest absolute Gasteiger partial charge is 0.298 e. The second kappa shape index (κ2) is 4.29. The first-order valence-corrected chi connectivity index (χ1v) is 5.10. The molecule has 2 aromatic rings. The highest BCUT2D eigenvalue weighted by atomic mass is 19.4. The summed E-state index contributed by atoms with van der Waals surface area (Å²) in [7, 11) is 0. The molecule has 0 saturated carbocycles. The van der Waals surface area contributed by atoms with E-state index in [0.29, 0.717) is 23.1 Å². The minimum atomic E-state index is -4.41. The normalized spacial score (nSPS) is 11.6. The van der Waals surface area contributed by atoms with Crippen LogP contribution in [0, 0.1) is 6.92 Å². The fourth-order valence-electron chi connectivity index (χ4n) is 1.55. The van der Waals surface area contributed by atoms with E-state index in [9.17, 15) is 18.0 Å². The van der Waals surface area contributed by atoms with Crippen molar-refractivity contribution in [3.63, 3.8) is 0 Å². The van der Waals surface area contributed by atoms with Crippen LogP contribution in [-0.2, 0) is 6.18 Å². The zero-order valence-electron chi connectivity index (χ0n) is 9.40. The Balaban J connectivity index is 2.40. The molecule has 2 rings (SSSR count). The third-order valence-electron chi connectivity index (χ3n) is 2.55.